The molecule has 1 heterocycles. The lowest BCUT2D eigenvalue weighted by Gasteiger charge is -2.20. The Morgan fingerprint density at radius 1 is 1.22 bits per heavy atom. The summed E-state index contributed by atoms with van der Waals surface area (Å²) in [6, 6.07) is 6.34. The number of hydrogen-bond acceptors (Lipinski definition) is 2. The van der Waals surface area contributed by atoms with Crippen LogP contribution in [0.1, 0.15) is 30.9 Å². The fourth-order valence-electron chi connectivity index (χ4n) is 2.52. The van der Waals surface area contributed by atoms with Gasteiger partial charge >= 0.3 is 0 Å². The molecule has 1 aliphatic heterocycles. The summed E-state index contributed by atoms with van der Waals surface area (Å²) in [5, 5.41) is 5.05. The summed E-state index contributed by atoms with van der Waals surface area (Å²) in [6.07, 6.45) is 3.81. The molecule has 1 aromatic rings. The minimum atomic E-state index is 0.0856. The monoisotopic (exact) mass is 285 g/mol. The molecule has 0 radical (unpaired) electrons. The zero-order valence-corrected chi connectivity index (χ0v) is 11.7. The quantitative estimate of drug-likeness (QED) is 0.908. The van der Waals surface area contributed by atoms with Crippen LogP contribution in [0.25, 0.3) is 0 Å². The summed E-state index contributed by atoms with van der Waals surface area (Å²) in [6.45, 7) is 1.82. The van der Waals surface area contributed by atoms with Crippen LogP contribution in [0.4, 0.5) is 0 Å². The van der Waals surface area contributed by atoms with Crippen molar-refractivity contribution in [2.75, 3.05) is 13.2 Å². The largest absolute Gasteiger partial charge is 0.373 e. The van der Waals surface area contributed by atoms with Gasteiger partial charge in [0, 0.05) is 40.7 Å². The summed E-state index contributed by atoms with van der Waals surface area (Å²) >= 11 is 12.3. The van der Waals surface area contributed by atoms with Gasteiger partial charge in [0.05, 0.1) is 6.10 Å². The lowest BCUT2D eigenvalue weighted by Crippen LogP contribution is -2.26. The highest BCUT2D eigenvalue weighted by atomic mass is 35.5. The van der Waals surface area contributed by atoms with E-state index in [1.54, 1.807) is 0 Å². The molecule has 0 bridgehead atoms. The molecule has 2 fully saturated rings. The first-order valence-corrected chi connectivity index (χ1v) is 7.29. The van der Waals surface area contributed by atoms with Gasteiger partial charge in [-0.3, -0.25) is 0 Å². The summed E-state index contributed by atoms with van der Waals surface area (Å²) in [7, 11) is 0. The molecule has 98 valence electrons. The smallest absolute Gasteiger partial charge is 0.0880 e. The average Bonchev–Trinajstić information content (AvgIpc) is 3.08. The maximum Gasteiger partial charge on any atom is 0.0880 e. The molecule has 1 aromatic carbocycles. The highest BCUT2D eigenvalue weighted by molar-refractivity contribution is 6.33. The Kier molecular flexibility index (Phi) is 3.81. The van der Waals surface area contributed by atoms with Crippen LogP contribution in [-0.4, -0.2) is 19.2 Å². The number of benzene rings is 1. The summed E-state index contributed by atoms with van der Waals surface area (Å²) in [5.74, 6) is 0.501. The van der Waals surface area contributed by atoms with Crippen LogP contribution in [0.3, 0.4) is 0 Å². The van der Waals surface area contributed by atoms with E-state index < -0.39 is 0 Å². The number of rotatable bonds is 4. The molecule has 2 atom stereocenters. The molecule has 3 rings (SSSR count). The van der Waals surface area contributed by atoms with E-state index in [9.17, 15) is 0 Å². The molecule has 18 heavy (non-hydrogen) atoms. The van der Waals surface area contributed by atoms with Crippen LogP contribution in [-0.2, 0) is 4.74 Å². The maximum atomic E-state index is 6.26. The second-order valence-electron chi connectivity index (χ2n) is 5.19. The van der Waals surface area contributed by atoms with Gasteiger partial charge < -0.3 is 10.1 Å². The molecule has 2 aliphatic rings. The molecule has 0 amide bonds. The molecular formula is C14H17Cl2NO. The van der Waals surface area contributed by atoms with Gasteiger partial charge in [-0.25, -0.2) is 0 Å². The number of hydrogen-bond donors (Lipinski definition) is 1. The lowest BCUT2D eigenvalue weighted by atomic mass is 9.95. The normalized spacial score (nSPS) is 27.7. The van der Waals surface area contributed by atoms with Crippen molar-refractivity contribution in [3.63, 3.8) is 0 Å². The molecule has 2 unspecified atom stereocenters. The Bertz CT molecular complexity index is 434. The molecule has 1 saturated heterocycles. The molecule has 0 aromatic heterocycles. The van der Waals surface area contributed by atoms with E-state index in [2.05, 4.69) is 5.32 Å². The van der Waals surface area contributed by atoms with Crippen LogP contribution in [0.5, 0.6) is 0 Å². The van der Waals surface area contributed by atoms with E-state index in [1.807, 2.05) is 18.2 Å². The predicted molar refractivity (Wildman–Crippen MR) is 74.3 cm³/mol. The number of nitrogens with one attached hydrogen (secondary N) is 1. The van der Waals surface area contributed by atoms with Crippen LogP contribution in [0.2, 0.25) is 10.0 Å². The van der Waals surface area contributed by atoms with Gasteiger partial charge in [0.25, 0.3) is 0 Å². The molecule has 0 spiro atoms. The molecule has 2 nitrogen and oxygen atoms in total. The van der Waals surface area contributed by atoms with Crippen LogP contribution in [0.15, 0.2) is 18.2 Å². The van der Waals surface area contributed by atoms with Crippen molar-refractivity contribution in [1.29, 1.82) is 0 Å². The molecule has 1 saturated carbocycles. The lowest BCUT2D eigenvalue weighted by molar-refractivity contribution is 0.0905. The van der Waals surface area contributed by atoms with Crippen LogP contribution >= 0.6 is 23.2 Å². The standard InChI is InChI=1S/C14H17Cl2NO/c15-10-1-4-13(16)12(7-10)14-9(5-6-18-14)8-17-11-2-3-11/h1,4,7,9,11,14,17H,2-3,5-6,8H2. The van der Waals surface area contributed by atoms with Crippen molar-refractivity contribution in [3.05, 3.63) is 33.8 Å². The second-order valence-corrected chi connectivity index (χ2v) is 6.03. The molecular weight excluding hydrogens is 269 g/mol. The van der Waals surface area contributed by atoms with Crippen molar-refractivity contribution in [1.82, 2.24) is 5.32 Å². The Morgan fingerprint density at radius 3 is 2.83 bits per heavy atom. The third kappa shape index (κ3) is 2.83. The molecule has 4 heteroatoms. The average molecular weight is 286 g/mol. The van der Waals surface area contributed by atoms with E-state index in [1.165, 1.54) is 12.8 Å². The summed E-state index contributed by atoms with van der Waals surface area (Å²) in [5.41, 5.74) is 1.03. The highest BCUT2D eigenvalue weighted by Gasteiger charge is 2.32. The fourth-order valence-corrected chi connectivity index (χ4v) is 2.93. The summed E-state index contributed by atoms with van der Waals surface area (Å²) in [4.78, 5) is 0. The number of halogens is 2. The minimum Gasteiger partial charge on any atom is -0.373 e. The first kappa shape index (κ1) is 12.7. The SMILES string of the molecule is Clc1ccc(Cl)c(C2OCCC2CNC2CC2)c1. The van der Waals surface area contributed by atoms with Crippen LogP contribution in [0, 0.1) is 5.92 Å². The predicted octanol–water partition coefficient (Wildman–Crippen LogP) is 3.82. The minimum absolute atomic E-state index is 0.0856. The van der Waals surface area contributed by atoms with Gasteiger partial charge in [0.1, 0.15) is 0 Å². The van der Waals surface area contributed by atoms with Crippen LogP contribution < -0.4 is 5.32 Å². The van der Waals surface area contributed by atoms with Crippen molar-refractivity contribution >= 4 is 23.2 Å². The molecule has 1 N–H and O–H groups in total. The Morgan fingerprint density at radius 2 is 2.06 bits per heavy atom. The van der Waals surface area contributed by atoms with E-state index in [0.29, 0.717) is 5.92 Å². The Labute approximate surface area is 118 Å². The van der Waals surface area contributed by atoms with Gasteiger partial charge in [0.15, 0.2) is 0 Å². The van der Waals surface area contributed by atoms with Gasteiger partial charge in [-0.15, -0.1) is 0 Å². The zero-order valence-electron chi connectivity index (χ0n) is 10.2. The van der Waals surface area contributed by atoms with Crippen molar-refractivity contribution in [2.45, 2.75) is 31.4 Å². The van der Waals surface area contributed by atoms with Gasteiger partial charge in [0.2, 0.25) is 0 Å². The summed E-state index contributed by atoms with van der Waals surface area (Å²) < 4.78 is 5.86. The van der Waals surface area contributed by atoms with E-state index in [4.69, 9.17) is 27.9 Å². The second kappa shape index (κ2) is 5.38. The van der Waals surface area contributed by atoms with Gasteiger partial charge in [-0.05, 0) is 37.5 Å². The first-order valence-electron chi connectivity index (χ1n) is 6.54. The topological polar surface area (TPSA) is 21.3 Å². The van der Waals surface area contributed by atoms with E-state index in [0.717, 1.165) is 41.2 Å². The van der Waals surface area contributed by atoms with Crippen molar-refractivity contribution in [2.24, 2.45) is 5.92 Å². The van der Waals surface area contributed by atoms with Gasteiger partial charge in [-0.1, -0.05) is 23.2 Å². The van der Waals surface area contributed by atoms with E-state index in [-0.39, 0.29) is 6.10 Å². The number of ether oxygens (including phenoxy) is 1. The first-order chi connectivity index (χ1) is 8.74. The van der Waals surface area contributed by atoms with Crippen molar-refractivity contribution in [3.8, 4) is 0 Å². The third-order valence-electron chi connectivity index (χ3n) is 3.72. The Hall–Kier alpha value is -0.280. The Balaban J connectivity index is 1.73. The highest BCUT2D eigenvalue weighted by Crippen LogP contribution is 2.39. The van der Waals surface area contributed by atoms with Gasteiger partial charge in [-0.2, -0.15) is 0 Å². The van der Waals surface area contributed by atoms with E-state index >= 15 is 0 Å². The fraction of sp³-hybridized carbons (Fsp3) is 0.571. The zero-order chi connectivity index (χ0) is 12.5. The van der Waals surface area contributed by atoms with Crippen molar-refractivity contribution < 1.29 is 4.74 Å². The maximum absolute atomic E-state index is 6.26. The molecule has 1 aliphatic carbocycles. The third-order valence-corrected chi connectivity index (χ3v) is 4.30.